The number of carbonyl (C=O) groups excluding carboxylic acids is 2. The van der Waals surface area contributed by atoms with Gasteiger partial charge in [-0.15, -0.1) is 10.2 Å². The lowest BCUT2D eigenvalue weighted by Gasteiger charge is -2.14. The summed E-state index contributed by atoms with van der Waals surface area (Å²) in [5, 5.41) is 13.2. The third kappa shape index (κ3) is 5.83. The van der Waals surface area contributed by atoms with E-state index in [1.807, 2.05) is 19.9 Å². The Labute approximate surface area is 194 Å². The van der Waals surface area contributed by atoms with Crippen LogP contribution in [0.5, 0.6) is 0 Å². The number of hydrogen-bond donors (Lipinski definition) is 3. The fourth-order valence-corrected chi connectivity index (χ4v) is 4.01. The first-order chi connectivity index (χ1) is 15.5. The topological polar surface area (TPSA) is 117 Å². The van der Waals surface area contributed by atoms with Crippen molar-refractivity contribution < 1.29 is 14.0 Å². The molecule has 0 radical (unpaired) electrons. The molecule has 0 saturated heterocycles. The summed E-state index contributed by atoms with van der Waals surface area (Å²) in [6.07, 6.45) is 0. The van der Waals surface area contributed by atoms with Crippen molar-refractivity contribution in [3.63, 3.8) is 0 Å². The molecular formula is C23H24FN5O3S. The van der Waals surface area contributed by atoms with E-state index in [4.69, 9.17) is 0 Å². The minimum atomic E-state index is -0.610. The molecule has 2 aromatic carbocycles. The Hall–Kier alpha value is -3.53. The first-order valence-electron chi connectivity index (χ1n) is 10.1. The van der Waals surface area contributed by atoms with Crippen LogP contribution in [0.1, 0.15) is 30.5 Å². The average molecular weight is 470 g/mol. The first-order valence-corrected chi connectivity index (χ1v) is 11.0. The molecule has 3 aromatic rings. The Balaban J connectivity index is 1.82. The first kappa shape index (κ1) is 24.1. The van der Waals surface area contributed by atoms with Gasteiger partial charge in [0.25, 0.3) is 5.56 Å². The summed E-state index contributed by atoms with van der Waals surface area (Å²) in [6, 6.07) is 7.74. The van der Waals surface area contributed by atoms with Gasteiger partial charge in [-0.1, -0.05) is 23.4 Å². The van der Waals surface area contributed by atoms with Gasteiger partial charge < -0.3 is 10.6 Å². The lowest BCUT2D eigenvalue weighted by Crippen LogP contribution is -2.24. The standard InChI is InChI=1S/C23H24FN5O3S/c1-11-8-13(3)19(25-15(5)30)17(9-11)20-22(32)27-23(29-28-20)33-14(4)21(31)26-18-7-6-16(24)10-12(18)2/h6-10,14H,1-5H3,(H,25,30)(H,26,31)(H,27,29,32). The van der Waals surface area contributed by atoms with Crippen LogP contribution in [0, 0.1) is 26.6 Å². The van der Waals surface area contributed by atoms with Crippen LogP contribution >= 0.6 is 11.8 Å². The van der Waals surface area contributed by atoms with Gasteiger partial charge in [0.2, 0.25) is 11.8 Å². The molecule has 172 valence electrons. The van der Waals surface area contributed by atoms with Crippen LogP contribution in [0.4, 0.5) is 15.8 Å². The number of rotatable bonds is 6. The van der Waals surface area contributed by atoms with Crippen molar-refractivity contribution in [2.45, 2.75) is 45.0 Å². The van der Waals surface area contributed by atoms with Gasteiger partial charge in [-0.05, 0) is 63.1 Å². The van der Waals surface area contributed by atoms with E-state index in [2.05, 4.69) is 25.8 Å². The van der Waals surface area contributed by atoms with Crippen molar-refractivity contribution in [1.29, 1.82) is 0 Å². The van der Waals surface area contributed by atoms with Gasteiger partial charge in [0, 0.05) is 18.2 Å². The number of nitrogens with one attached hydrogen (secondary N) is 3. The summed E-state index contributed by atoms with van der Waals surface area (Å²) in [4.78, 5) is 39.6. The average Bonchev–Trinajstić information content (AvgIpc) is 2.72. The maximum atomic E-state index is 13.3. The normalized spacial score (nSPS) is 11.7. The second-order valence-electron chi connectivity index (χ2n) is 7.70. The molecule has 0 fully saturated rings. The van der Waals surface area contributed by atoms with Gasteiger partial charge in [0.05, 0.1) is 10.9 Å². The predicted molar refractivity (Wildman–Crippen MR) is 127 cm³/mol. The third-order valence-electron chi connectivity index (χ3n) is 4.82. The summed E-state index contributed by atoms with van der Waals surface area (Å²) in [5.74, 6) is -0.981. The minimum Gasteiger partial charge on any atom is -0.325 e. The van der Waals surface area contributed by atoms with Crippen LogP contribution < -0.4 is 16.2 Å². The van der Waals surface area contributed by atoms with Gasteiger partial charge >= 0.3 is 0 Å². The summed E-state index contributed by atoms with van der Waals surface area (Å²) >= 11 is 1.03. The Kier molecular flexibility index (Phi) is 7.27. The SMILES string of the molecule is CC(=O)Nc1c(C)cc(C)cc1-c1nnc(SC(C)C(=O)Nc2ccc(F)cc2C)[nH]c1=O. The van der Waals surface area contributed by atoms with E-state index in [9.17, 15) is 18.8 Å². The van der Waals surface area contributed by atoms with Gasteiger partial charge in [0.1, 0.15) is 5.82 Å². The molecule has 1 atom stereocenters. The van der Waals surface area contributed by atoms with Crippen molar-refractivity contribution >= 4 is 35.0 Å². The molecule has 1 unspecified atom stereocenters. The number of aryl methyl sites for hydroxylation is 3. The molecule has 10 heteroatoms. The second kappa shape index (κ2) is 9.95. The van der Waals surface area contributed by atoms with Crippen molar-refractivity contribution in [2.24, 2.45) is 0 Å². The molecule has 0 bridgehead atoms. The molecule has 0 aliphatic heterocycles. The Morgan fingerprint density at radius 1 is 1.06 bits per heavy atom. The zero-order valence-corrected chi connectivity index (χ0v) is 19.7. The molecule has 2 amide bonds. The van der Waals surface area contributed by atoms with Gasteiger partial charge in [-0.3, -0.25) is 19.4 Å². The van der Waals surface area contributed by atoms with Gasteiger partial charge in [0.15, 0.2) is 10.9 Å². The Morgan fingerprint density at radius 3 is 2.42 bits per heavy atom. The zero-order valence-electron chi connectivity index (χ0n) is 18.9. The van der Waals surface area contributed by atoms with Crippen molar-refractivity contribution in [2.75, 3.05) is 10.6 Å². The summed E-state index contributed by atoms with van der Waals surface area (Å²) in [6.45, 7) is 8.45. The smallest absolute Gasteiger partial charge is 0.278 e. The number of H-pyrrole nitrogens is 1. The van der Waals surface area contributed by atoms with Gasteiger partial charge in [-0.2, -0.15) is 0 Å². The summed E-state index contributed by atoms with van der Waals surface area (Å²) in [7, 11) is 0. The van der Waals surface area contributed by atoms with E-state index in [0.717, 1.165) is 22.9 Å². The molecule has 0 aliphatic rings. The maximum Gasteiger partial charge on any atom is 0.278 e. The molecule has 0 aliphatic carbocycles. The highest BCUT2D eigenvalue weighted by Gasteiger charge is 2.20. The number of hydrogen-bond acceptors (Lipinski definition) is 6. The van der Waals surface area contributed by atoms with E-state index in [0.29, 0.717) is 22.5 Å². The van der Waals surface area contributed by atoms with E-state index in [1.165, 1.54) is 25.1 Å². The molecule has 3 rings (SSSR count). The lowest BCUT2D eigenvalue weighted by atomic mass is 10.0. The number of amides is 2. The van der Waals surface area contributed by atoms with Crippen molar-refractivity contribution in [1.82, 2.24) is 15.2 Å². The van der Waals surface area contributed by atoms with E-state index < -0.39 is 10.8 Å². The van der Waals surface area contributed by atoms with E-state index in [-0.39, 0.29) is 28.5 Å². The molecule has 1 aromatic heterocycles. The monoisotopic (exact) mass is 469 g/mol. The number of benzene rings is 2. The molecular weight excluding hydrogens is 445 g/mol. The largest absolute Gasteiger partial charge is 0.325 e. The number of carbonyl (C=O) groups is 2. The molecule has 1 heterocycles. The van der Waals surface area contributed by atoms with Crippen LogP contribution in [0.15, 0.2) is 40.3 Å². The van der Waals surface area contributed by atoms with Crippen molar-refractivity contribution in [3.05, 3.63) is 63.2 Å². The Bertz CT molecular complexity index is 1290. The van der Waals surface area contributed by atoms with Crippen molar-refractivity contribution in [3.8, 4) is 11.3 Å². The predicted octanol–water partition coefficient (Wildman–Crippen LogP) is 3.97. The number of aromatic amines is 1. The van der Waals surface area contributed by atoms with Crippen LogP contribution in [-0.2, 0) is 9.59 Å². The number of anilines is 2. The third-order valence-corrected chi connectivity index (χ3v) is 5.79. The molecule has 8 nitrogen and oxygen atoms in total. The molecule has 33 heavy (non-hydrogen) atoms. The van der Waals surface area contributed by atoms with Gasteiger partial charge in [-0.25, -0.2) is 4.39 Å². The van der Waals surface area contributed by atoms with Crippen LogP contribution in [0.3, 0.4) is 0 Å². The Morgan fingerprint density at radius 2 is 1.79 bits per heavy atom. The lowest BCUT2D eigenvalue weighted by molar-refractivity contribution is -0.115. The fraction of sp³-hybridized carbons (Fsp3) is 0.261. The highest BCUT2D eigenvalue weighted by molar-refractivity contribution is 8.00. The zero-order chi connectivity index (χ0) is 24.3. The number of aromatic nitrogens is 3. The molecule has 0 spiro atoms. The molecule has 3 N–H and O–H groups in total. The van der Waals surface area contributed by atoms with Crippen LogP contribution in [0.2, 0.25) is 0 Å². The highest BCUT2D eigenvalue weighted by atomic mass is 32.2. The van der Waals surface area contributed by atoms with E-state index >= 15 is 0 Å². The van der Waals surface area contributed by atoms with Crippen LogP contribution in [-0.4, -0.2) is 32.2 Å². The van der Waals surface area contributed by atoms with E-state index in [1.54, 1.807) is 19.9 Å². The summed E-state index contributed by atoms with van der Waals surface area (Å²) < 4.78 is 13.3. The summed E-state index contributed by atoms with van der Waals surface area (Å²) in [5.41, 5.74) is 3.32. The number of halogens is 1. The molecule has 0 saturated carbocycles. The minimum absolute atomic E-state index is 0.0638. The maximum absolute atomic E-state index is 13.3. The van der Waals surface area contributed by atoms with Crippen LogP contribution in [0.25, 0.3) is 11.3 Å². The fourth-order valence-electron chi connectivity index (χ4n) is 3.27. The highest BCUT2D eigenvalue weighted by Crippen LogP contribution is 2.30. The number of thioether (sulfide) groups is 1. The number of nitrogens with zero attached hydrogens (tertiary/aromatic N) is 2. The second-order valence-corrected chi connectivity index (χ2v) is 9.03. The quantitative estimate of drug-likeness (QED) is 0.470.